The molecule has 0 radical (unpaired) electrons. The van der Waals surface area contributed by atoms with Crippen molar-refractivity contribution in [2.75, 3.05) is 7.11 Å². The number of nitrogens with zero attached hydrogens (tertiary/aromatic N) is 1. The normalized spacial score (nSPS) is 11.1. The fraction of sp³-hybridized carbons (Fsp3) is 0.172. The van der Waals surface area contributed by atoms with Crippen LogP contribution in [0.15, 0.2) is 77.9 Å². The molecule has 0 atom stereocenters. The van der Waals surface area contributed by atoms with Gasteiger partial charge in [-0.25, -0.2) is 5.43 Å². The third-order valence-electron chi connectivity index (χ3n) is 5.82. The molecule has 4 aromatic carbocycles. The van der Waals surface area contributed by atoms with Gasteiger partial charge < -0.3 is 9.47 Å². The molecule has 0 fully saturated rings. The SMILES string of the molecule is COc1cc(/C=N\NC(=O)c2c(C)ccc3ccccc23)ccc1OCc1cc(C)ccc1C. The van der Waals surface area contributed by atoms with Crippen molar-refractivity contribution >= 4 is 22.9 Å². The molecule has 0 aliphatic heterocycles. The number of fused-ring (bicyclic) bond motifs is 1. The maximum Gasteiger partial charge on any atom is 0.272 e. The molecule has 0 aliphatic carbocycles. The summed E-state index contributed by atoms with van der Waals surface area (Å²) in [6.07, 6.45) is 1.59. The van der Waals surface area contributed by atoms with Crippen LogP contribution in [-0.4, -0.2) is 19.2 Å². The standard InChI is InChI=1S/C29H28N2O3/c1-19-9-10-20(2)24(15-19)18-34-26-14-12-22(16-27(26)33-4)17-30-31-29(32)28-21(3)11-13-23-7-5-6-8-25(23)28/h5-17H,18H2,1-4H3,(H,31,32)/b30-17-. The number of aryl methyl sites for hydroxylation is 3. The topological polar surface area (TPSA) is 59.9 Å². The van der Waals surface area contributed by atoms with Crippen molar-refractivity contribution in [3.63, 3.8) is 0 Å². The number of methoxy groups -OCH3 is 1. The van der Waals surface area contributed by atoms with Gasteiger partial charge in [0.25, 0.3) is 5.91 Å². The largest absolute Gasteiger partial charge is 0.493 e. The fourth-order valence-corrected chi connectivity index (χ4v) is 3.90. The van der Waals surface area contributed by atoms with E-state index in [9.17, 15) is 4.79 Å². The van der Waals surface area contributed by atoms with E-state index in [1.165, 1.54) is 11.1 Å². The predicted octanol–water partition coefficient (Wildman–Crippen LogP) is 6.12. The average molecular weight is 453 g/mol. The molecule has 0 aliphatic rings. The fourth-order valence-electron chi connectivity index (χ4n) is 3.90. The molecule has 172 valence electrons. The number of hydrogen-bond acceptors (Lipinski definition) is 4. The molecule has 5 nitrogen and oxygen atoms in total. The monoisotopic (exact) mass is 452 g/mol. The number of hydrazone groups is 1. The van der Waals surface area contributed by atoms with Gasteiger partial charge in [0.15, 0.2) is 11.5 Å². The van der Waals surface area contributed by atoms with Crippen LogP contribution in [0, 0.1) is 20.8 Å². The average Bonchev–Trinajstić information content (AvgIpc) is 2.84. The number of carbonyl (C=O) groups excluding carboxylic acids is 1. The van der Waals surface area contributed by atoms with Gasteiger partial charge in [0.05, 0.1) is 18.9 Å². The second-order valence-electron chi connectivity index (χ2n) is 8.31. The molecule has 1 N–H and O–H groups in total. The van der Waals surface area contributed by atoms with Gasteiger partial charge in [-0.05, 0) is 72.0 Å². The number of nitrogens with one attached hydrogen (secondary N) is 1. The Bertz CT molecular complexity index is 1380. The maximum absolute atomic E-state index is 12.8. The van der Waals surface area contributed by atoms with Crippen LogP contribution in [0.3, 0.4) is 0 Å². The van der Waals surface area contributed by atoms with Gasteiger partial charge in [-0.3, -0.25) is 4.79 Å². The molecule has 1 amide bonds. The number of amides is 1. The van der Waals surface area contributed by atoms with Crippen molar-refractivity contribution in [2.24, 2.45) is 5.10 Å². The molecule has 4 aromatic rings. The minimum atomic E-state index is -0.244. The van der Waals surface area contributed by atoms with Crippen molar-refractivity contribution in [3.05, 3.63) is 106 Å². The molecule has 5 heteroatoms. The zero-order valence-corrected chi connectivity index (χ0v) is 19.9. The third-order valence-corrected chi connectivity index (χ3v) is 5.82. The van der Waals surface area contributed by atoms with Gasteiger partial charge in [0.1, 0.15) is 6.61 Å². The van der Waals surface area contributed by atoms with Crippen LogP contribution >= 0.6 is 0 Å². The molecule has 0 saturated heterocycles. The molecule has 0 heterocycles. The quantitative estimate of drug-likeness (QED) is 0.272. The lowest BCUT2D eigenvalue weighted by Crippen LogP contribution is -2.19. The third kappa shape index (κ3) is 5.09. The molecule has 0 aromatic heterocycles. The maximum atomic E-state index is 12.8. The lowest BCUT2D eigenvalue weighted by atomic mass is 9.99. The van der Waals surface area contributed by atoms with Crippen LogP contribution in [-0.2, 0) is 6.61 Å². The highest BCUT2D eigenvalue weighted by atomic mass is 16.5. The van der Waals surface area contributed by atoms with Gasteiger partial charge >= 0.3 is 0 Å². The van der Waals surface area contributed by atoms with Crippen molar-refractivity contribution < 1.29 is 14.3 Å². The van der Waals surface area contributed by atoms with E-state index >= 15 is 0 Å². The Kier molecular flexibility index (Phi) is 6.93. The number of benzene rings is 4. The molecule has 0 unspecified atom stereocenters. The summed E-state index contributed by atoms with van der Waals surface area (Å²) in [4.78, 5) is 12.8. The summed E-state index contributed by atoms with van der Waals surface area (Å²) in [5.41, 5.74) is 8.48. The van der Waals surface area contributed by atoms with E-state index in [2.05, 4.69) is 42.6 Å². The van der Waals surface area contributed by atoms with Crippen molar-refractivity contribution in [2.45, 2.75) is 27.4 Å². The highest BCUT2D eigenvalue weighted by Crippen LogP contribution is 2.29. The minimum Gasteiger partial charge on any atom is -0.493 e. The number of carbonyl (C=O) groups is 1. The van der Waals surface area contributed by atoms with Gasteiger partial charge in [-0.15, -0.1) is 0 Å². The van der Waals surface area contributed by atoms with E-state index < -0.39 is 0 Å². The van der Waals surface area contributed by atoms with Crippen LogP contribution in [0.2, 0.25) is 0 Å². The zero-order chi connectivity index (χ0) is 24.1. The first-order chi connectivity index (χ1) is 16.5. The number of ether oxygens (including phenoxy) is 2. The summed E-state index contributed by atoms with van der Waals surface area (Å²) in [7, 11) is 1.60. The highest BCUT2D eigenvalue weighted by Gasteiger charge is 2.12. The predicted molar refractivity (Wildman–Crippen MR) is 137 cm³/mol. The van der Waals surface area contributed by atoms with E-state index in [-0.39, 0.29) is 5.91 Å². The lowest BCUT2D eigenvalue weighted by molar-refractivity contribution is 0.0956. The molecular weight excluding hydrogens is 424 g/mol. The number of rotatable bonds is 7. The minimum absolute atomic E-state index is 0.244. The van der Waals surface area contributed by atoms with E-state index in [1.807, 2.05) is 61.5 Å². The zero-order valence-electron chi connectivity index (χ0n) is 19.9. The summed E-state index contributed by atoms with van der Waals surface area (Å²) in [6, 6.07) is 23.7. The molecule has 0 spiro atoms. The second kappa shape index (κ2) is 10.2. The van der Waals surface area contributed by atoms with E-state index in [1.54, 1.807) is 13.3 Å². The van der Waals surface area contributed by atoms with Crippen LogP contribution in [0.25, 0.3) is 10.8 Å². The smallest absolute Gasteiger partial charge is 0.272 e. The van der Waals surface area contributed by atoms with Gasteiger partial charge in [0, 0.05) is 0 Å². The summed E-state index contributed by atoms with van der Waals surface area (Å²) in [5, 5.41) is 6.09. The Hall–Kier alpha value is -4.12. The van der Waals surface area contributed by atoms with E-state index in [0.29, 0.717) is 23.7 Å². The Labute approximate surface area is 200 Å². The Morgan fingerprint density at radius 2 is 1.71 bits per heavy atom. The van der Waals surface area contributed by atoms with Crippen LogP contribution in [0.5, 0.6) is 11.5 Å². The summed E-state index contributed by atoms with van der Waals surface area (Å²) < 4.78 is 11.5. The van der Waals surface area contributed by atoms with Gasteiger partial charge in [0.2, 0.25) is 0 Å². The highest BCUT2D eigenvalue weighted by molar-refractivity contribution is 6.08. The Balaban J connectivity index is 1.46. The molecular formula is C29H28N2O3. The Morgan fingerprint density at radius 1 is 0.912 bits per heavy atom. The lowest BCUT2D eigenvalue weighted by Gasteiger charge is -2.13. The number of hydrogen-bond donors (Lipinski definition) is 1. The van der Waals surface area contributed by atoms with Crippen molar-refractivity contribution in [1.29, 1.82) is 0 Å². The van der Waals surface area contributed by atoms with Crippen LogP contribution < -0.4 is 14.9 Å². The summed E-state index contributed by atoms with van der Waals surface area (Å²) >= 11 is 0. The molecule has 0 saturated carbocycles. The van der Waals surface area contributed by atoms with Crippen LogP contribution in [0.4, 0.5) is 0 Å². The first-order valence-corrected chi connectivity index (χ1v) is 11.1. The van der Waals surface area contributed by atoms with Crippen molar-refractivity contribution in [3.8, 4) is 11.5 Å². The summed E-state index contributed by atoms with van der Waals surface area (Å²) in [5.74, 6) is 1.01. The van der Waals surface area contributed by atoms with E-state index in [0.717, 1.165) is 27.5 Å². The van der Waals surface area contributed by atoms with Crippen molar-refractivity contribution in [1.82, 2.24) is 5.43 Å². The first-order valence-electron chi connectivity index (χ1n) is 11.1. The molecule has 4 rings (SSSR count). The first kappa shape index (κ1) is 23.1. The molecule has 34 heavy (non-hydrogen) atoms. The Morgan fingerprint density at radius 3 is 2.53 bits per heavy atom. The second-order valence-corrected chi connectivity index (χ2v) is 8.31. The van der Waals surface area contributed by atoms with Gasteiger partial charge in [-0.1, -0.05) is 60.2 Å². The molecule has 0 bridgehead atoms. The summed E-state index contributed by atoms with van der Waals surface area (Å²) in [6.45, 7) is 6.52. The van der Waals surface area contributed by atoms with Crippen LogP contribution in [0.1, 0.15) is 38.2 Å². The van der Waals surface area contributed by atoms with E-state index in [4.69, 9.17) is 9.47 Å². The van der Waals surface area contributed by atoms with Gasteiger partial charge in [-0.2, -0.15) is 5.10 Å².